The Morgan fingerprint density at radius 1 is 0.949 bits per heavy atom. The van der Waals surface area contributed by atoms with Crippen LogP contribution in [0.5, 0.6) is 0 Å². The van der Waals surface area contributed by atoms with Crippen molar-refractivity contribution in [2.24, 2.45) is 0 Å². The van der Waals surface area contributed by atoms with Gasteiger partial charge in [0, 0.05) is 24.6 Å². The highest BCUT2D eigenvalue weighted by Gasteiger charge is 2.38. The number of hydrogen-bond donors (Lipinski definition) is 2. The summed E-state index contributed by atoms with van der Waals surface area (Å²) in [6, 6.07) is 12.1. The number of hydrogen-bond acceptors (Lipinski definition) is 4. The van der Waals surface area contributed by atoms with Gasteiger partial charge in [-0.3, -0.25) is 4.79 Å². The predicted octanol–water partition coefficient (Wildman–Crippen LogP) is 6.60. The highest BCUT2D eigenvalue weighted by Crippen LogP contribution is 2.50. The number of benzene rings is 3. The van der Waals surface area contributed by atoms with Crippen LogP contribution in [-0.4, -0.2) is 34.7 Å². The molecule has 6 nitrogen and oxygen atoms in total. The molecule has 0 spiro atoms. The smallest absolute Gasteiger partial charge is 0.337 e. The first kappa shape index (κ1) is 28.5. The molecule has 1 amide bonds. The Hall–Kier alpha value is -3.48. The first-order valence-corrected chi connectivity index (χ1v) is 13.4. The van der Waals surface area contributed by atoms with E-state index in [4.69, 9.17) is 4.74 Å². The van der Waals surface area contributed by atoms with Crippen LogP contribution in [0.25, 0.3) is 22.3 Å². The molecule has 0 saturated heterocycles. The summed E-state index contributed by atoms with van der Waals surface area (Å²) in [6.07, 6.45) is -0.556. The SMILES string of the molecule is Cc1ccc(-c2c(C)c(-c3ccc(C)c(CO)c3)c(C(OC(C)(C)C)C(=O)O)c3c2N(C)C(=O)CC3)cc1C. The number of carboxylic acid groups (broad SMARTS) is 1. The van der Waals surface area contributed by atoms with Gasteiger partial charge in [-0.1, -0.05) is 30.3 Å². The second-order valence-electron chi connectivity index (χ2n) is 11.6. The minimum absolute atomic E-state index is 0.00722. The zero-order valence-electron chi connectivity index (χ0n) is 24.2. The van der Waals surface area contributed by atoms with Crippen LogP contribution < -0.4 is 4.90 Å². The minimum atomic E-state index is -1.25. The Bertz CT molecular complexity index is 1460. The molecule has 3 aromatic rings. The molecule has 0 aromatic heterocycles. The maximum Gasteiger partial charge on any atom is 0.337 e. The molecule has 1 aliphatic heterocycles. The van der Waals surface area contributed by atoms with Crippen molar-refractivity contribution in [2.45, 2.75) is 79.6 Å². The number of nitrogens with zero attached hydrogens (tertiary/aromatic N) is 1. The number of ether oxygens (including phenoxy) is 1. The van der Waals surface area contributed by atoms with E-state index in [9.17, 15) is 19.8 Å². The molecule has 1 heterocycles. The van der Waals surface area contributed by atoms with Crippen molar-refractivity contribution in [3.8, 4) is 22.3 Å². The van der Waals surface area contributed by atoms with Crippen LogP contribution in [0.1, 0.15) is 72.2 Å². The Kier molecular flexibility index (Phi) is 7.75. The summed E-state index contributed by atoms with van der Waals surface area (Å²) in [7, 11) is 1.77. The molecule has 4 rings (SSSR count). The van der Waals surface area contributed by atoms with Crippen molar-refractivity contribution < 1.29 is 24.5 Å². The Labute approximate surface area is 231 Å². The first-order valence-electron chi connectivity index (χ1n) is 13.4. The number of anilines is 1. The summed E-state index contributed by atoms with van der Waals surface area (Å²) < 4.78 is 6.24. The standard InChI is InChI=1S/C33H39NO5/c1-18-9-11-22(15-20(18)3)28-21(4)27(23-12-10-19(2)24(16-23)17-35)29(31(32(37)38)39-33(5,6)7)25-13-14-26(36)34(8)30(25)28/h9-12,15-16,31,35H,13-14,17H2,1-8H3,(H,37,38). The quantitative estimate of drug-likeness (QED) is 0.376. The number of aliphatic carboxylic acids is 1. The number of rotatable bonds is 6. The molecule has 0 saturated carbocycles. The van der Waals surface area contributed by atoms with Crippen LogP contribution in [0, 0.1) is 27.7 Å². The summed E-state index contributed by atoms with van der Waals surface area (Å²) in [4.78, 5) is 27.6. The van der Waals surface area contributed by atoms with Crippen molar-refractivity contribution in [2.75, 3.05) is 11.9 Å². The average molecular weight is 530 g/mol. The predicted molar refractivity (Wildman–Crippen MR) is 155 cm³/mol. The average Bonchev–Trinajstić information content (AvgIpc) is 2.86. The van der Waals surface area contributed by atoms with E-state index in [1.54, 1.807) is 11.9 Å². The topological polar surface area (TPSA) is 87.1 Å². The zero-order valence-corrected chi connectivity index (χ0v) is 24.2. The molecule has 0 fully saturated rings. The number of aliphatic hydroxyl groups excluding tert-OH is 1. The van der Waals surface area contributed by atoms with E-state index in [2.05, 4.69) is 32.0 Å². The van der Waals surface area contributed by atoms with Gasteiger partial charge in [-0.15, -0.1) is 0 Å². The van der Waals surface area contributed by atoms with Gasteiger partial charge in [0.1, 0.15) is 0 Å². The number of carbonyl (C=O) groups excluding carboxylic acids is 1. The van der Waals surface area contributed by atoms with Gasteiger partial charge in [0.15, 0.2) is 6.10 Å². The van der Waals surface area contributed by atoms with Crippen LogP contribution in [0.3, 0.4) is 0 Å². The van der Waals surface area contributed by atoms with Crippen LogP contribution in [0.2, 0.25) is 0 Å². The largest absolute Gasteiger partial charge is 0.479 e. The third-order valence-corrected chi connectivity index (χ3v) is 7.73. The van der Waals surface area contributed by atoms with Crippen LogP contribution in [0.15, 0.2) is 36.4 Å². The van der Waals surface area contributed by atoms with Crippen molar-refractivity contribution in [3.63, 3.8) is 0 Å². The van der Waals surface area contributed by atoms with Gasteiger partial charge in [0.25, 0.3) is 0 Å². The molecule has 0 aliphatic carbocycles. The number of fused-ring (bicyclic) bond motifs is 1. The number of amides is 1. The lowest BCUT2D eigenvalue weighted by molar-refractivity contribution is -0.160. The van der Waals surface area contributed by atoms with Gasteiger partial charge in [0.05, 0.1) is 17.9 Å². The van der Waals surface area contributed by atoms with Gasteiger partial charge in [-0.2, -0.15) is 0 Å². The second kappa shape index (κ2) is 10.6. The lowest BCUT2D eigenvalue weighted by Gasteiger charge is -2.36. The number of carbonyl (C=O) groups is 2. The molecule has 1 aliphatic rings. The maximum atomic E-state index is 13.0. The summed E-state index contributed by atoms with van der Waals surface area (Å²) in [5.41, 5.74) is 9.77. The summed E-state index contributed by atoms with van der Waals surface area (Å²) in [5.74, 6) is -1.09. The molecular formula is C33H39NO5. The lowest BCUT2D eigenvalue weighted by Crippen LogP contribution is -2.35. The molecule has 1 unspecified atom stereocenters. The van der Waals surface area contributed by atoms with Gasteiger partial charge in [-0.05, 0) is 111 Å². The van der Waals surface area contributed by atoms with Gasteiger partial charge < -0.3 is 19.8 Å². The molecule has 39 heavy (non-hydrogen) atoms. The fourth-order valence-corrected chi connectivity index (χ4v) is 5.58. The van der Waals surface area contributed by atoms with E-state index in [1.807, 2.05) is 52.8 Å². The van der Waals surface area contributed by atoms with Gasteiger partial charge >= 0.3 is 5.97 Å². The fourth-order valence-electron chi connectivity index (χ4n) is 5.58. The van der Waals surface area contributed by atoms with Crippen molar-refractivity contribution in [1.29, 1.82) is 0 Å². The molecule has 3 aromatic carbocycles. The normalized spacial score (nSPS) is 14.4. The van der Waals surface area contributed by atoms with E-state index >= 15 is 0 Å². The van der Waals surface area contributed by atoms with Crippen molar-refractivity contribution in [1.82, 2.24) is 0 Å². The third-order valence-electron chi connectivity index (χ3n) is 7.73. The number of aliphatic hydroxyl groups is 1. The Morgan fingerprint density at radius 3 is 2.13 bits per heavy atom. The molecule has 2 N–H and O–H groups in total. The van der Waals surface area contributed by atoms with Crippen molar-refractivity contribution >= 4 is 17.6 Å². The van der Waals surface area contributed by atoms with E-state index < -0.39 is 17.7 Å². The van der Waals surface area contributed by atoms with Gasteiger partial charge in [0.2, 0.25) is 5.91 Å². The highest BCUT2D eigenvalue weighted by molar-refractivity contribution is 6.04. The minimum Gasteiger partial charge on any atom is -0.479 e. The summed E-state index contributed by atoms with van der Waals surface area (Å²) >= 11 is 0. The van der Waals surface area contributed by atoms with Crippen molar-refractivity contribution in [3.05, 3.63) is 75.3 Å². The van der Waals surface area contributed by atoms with Crippen LogP contribution in [0.4, 0.5) is 5.69 Å². The Morgan fingerprint density at radius 2 is 1.56 bits per heavy atom. The third kappa shape index (κ3) is 5.36. The monoisotopic (exact) mass is 529 g/mol. The summed E-state index contributed by atoms with van der Waals surface area (Å²) in [6.45, 7) is 13.5. The van der Waals surface area contributed by atoms with Crippen LogP contribution >= 0.6 is 0 Å². The zero-order chi connectivity index (χ0) is 28.8. The number of carboxylic acids is 1. The van der Waals surface area contributed by atoms with E-state index in [0.717, 1.165) is 55.8 Å². The summed E-state index contributed by atoms with van der Waals surface area (Å²) in [5, 5.41) is 20.6. The first-order chi connectivity index (χ1) is 18.2. The molecule has 0 bridgehead atoms. The van der Waals surface area contributed by atoms with E-state index in [1.165, 1.54) is 5.56 Å². The van der Waals surface area contributed by atoms with E-state index in [0.29, 0.717) is 12.0 Å². The van der Waals surface area contributed by atoms with E-state index in [-0.39, 0.29) is 18.9 Å². The fraction of sp³-hybridized carbons (Fsp3) is 0.394. The van der Waals surface area contributed by atoms with Gasteiger partial charge in [-0.25, -0.2) is 4.79 Å². The lowest BCUT2D eigenvalue weighted by atomic mass is 9.78. The molecule has 0 radical (unpaired) electrons. The molecule has 206 valence electrons. The highest BCUT2D eigenvalue weighted by atomic mass is 16.5. The number of aryl methyl sites for hydroxylation is 3. The maximum absolute atomic E-state index is 13.0. The molecule has 6 heteroatoms. The Balaban J connectivity index is 2.22. The van der Waals surface area contributed by atoms with Crippen LogP contribution in [-0.2, 0) is 27.4 Å². The second-order valence-corrected chi connectivity index (χ2v) is 11.6. The molecule has 1 atom stereocenters. The molecular weight excluding hydrogens is 490 g/mol.